The number of allylic oxidation sites excluding steroid dienone is 4. The molecule has 0 heterocycles. The monoisotopic (exact) mass is 436 g/mol. The molecule has 2 rings (SSSR count). The van der Waals surface area contributed by atoms with Gasteiger partial charge in [-0.3, -0.25) is 0 Å². The number of hydrogen-bond acceptors (Lipinski definition) is 0. The van der Waals surface area contributed by atoms with Crippen LogP contribution in [-0.2, 0) is 21.7 Å². The minimum Gasteiger partial charge on any atom is -1.00 e. The third kappa shape index (κ3) is 9.27. The predicted molar refractivity (Wildman–Crippen MR) is 92.3 cm³/mol. The maximum Gasteiger partial charge on any atom is 4.00 e. The predicted octanol–water partition coefficient (Wildman–Crippen LogP) is -4.91. The van der Waals surface area contributed by atoms with Gasteiger partial charge in [-0.25, -0.2) is 16.8 Å². The number of halogens is 3. The second-order valence-corrected chi connectivity index (χ2v) is 8.29. The average molecular weight is 438 g/mol. The molecule has 0 fully saturated rings. The van der Waals surface area contributed by atoms with Crippen molar-refractivity contribution >= 4 is 14.7 Å². The fraction of sp³-hybridized carbons (Fsp3) is 0.474. The van der Waals surface area contributed by atoms with Gasteiger partial charge in [-0.15, -0.1) is 0 Å². The molecule has 0 saturated carbocycles. The minimum atomic E-state index is -0.289. The third-order valence-corrected chi connectivity index (χ3v) is 6.13. The summed E-state index contributed by atoms with van der Waals surface area (Å²) in [6.45, 7) is 8.95. The Balaban J connectivity index is -0.00000110. The Morgan fingerprint density at radius 3 is 2.08 bits per heavy atom. The molecule has 5 heteroatoms. The van der Waals surface area contributed by atoms with Gasteiger partial charge in [-0.05, 0) is 23.4 Å². The van der Waals surface area contributed by atoms with E-state index in [1.54, 1.807) is 16.0 Å². The van der Waals surface area contributed by atoms with Crippen LogP contribution in [0.5, 0.6) is 0 Å². The van der Waals surface area contributed by atoms with E-state index in [4.69, 9.17) is 0 Å². The zero-order valence-electron chi connectivity index (χ0n) is 15.1. The largest absolute Gasteiger partial charge is 4.00 e. The Kier molecular flexibility index (Phi) is 17.9. The van der Waals surface area contributed by atoms with E-state index in [0.717, 1.165) is 0 Å². The van der Waals surface area contributed by atoms with Crippen LogP contribution in [0.15, 0.2) is 34.5 Å². The molecule has 0 amide bonds. The van der Waals surface area contributed by atoms with Crippen LogP contribution in [-0.4, -0.2) is 9.52 Å². The van der Waals surface area contributed by atoms with Crippen LogP contribution in [0.25, 0.3) is 0 Å². The number of rotatable bonds is 6. The Morgan fingerprint density at radius 2 is 1.54 bits per heavy atom. The van der Waals surface area contributed by atoms with Gasteiger partial charge >= 0.3 is 21.7 Å². The van der Waals surface area contributed by atoms with Crippen molar-refractivity contribution in [3.05, 3.63) is 51.7 Å². The van der Waals surface area contributed by atoms with Gasteiger partial charge in [-0.2, -0.15) is 5.57 Å². The van der Waals surface area contributed by atoms with Crippen molar-refractivity contribution in [2.45, 2.75) is 59.8 Å². The summed E-state index contributed by atoms with van der Waals surface area (Å²) < 4.78 is 0. The molecule has 0 unspecified atom stereocenters. The van der Waals surface area contributed by atoms with E-state index in [1.807, 2.05) is 0 Å². The van der Waals surface area contributed by atoms with Crippen molar-refractivity contribution in [3.8, 4) is 0 Å². The van der Waals surface area contributed by atoms with Gasteiger partial charge in [0.1, 0.15) is 0 Å². The first-order valence-corrected chi connectivity index (χ1v) is 9.37. The molecule has 0 atom stereocenters. The fourth-order valence-electron chi connectivity index (χ4n) is 3.14. The number of benzene rings is 1. The second kappa shape index (κ2) is 14.6. The second-order valence-electron chi connectivity index (χ2n) is 6.26. The number of aryl methyl sites for hydroxylation is 2. The van der Waals surface area contributed by atoms with Crippen LogP contribution in [0.3, 0.4) is 0 Å². The molecule has 1 aromatic carbocycles. The van der Waals surface area contributed by atoms with E-state index < -0.39 is 0 Å². The van der Waals surface area contributed by atoms with Crippen molar-refractivity contribution in [3.63, 3.8) is 0 Å². The first-order valence-electron chi connectivity index (χ1n) is 7.96. The van der Waals surface area contributed by atoms with Gasteiger partial charge in [0.25, 0.3) is 0 Å². The molecule has 0 aromatic heterocycles. The number of hydrogen-bond donors (Lipinski definition) is 0. The summed E-state index contributed by atoms with van der Waals surface area (Å²) in [5.74, 6) is 0. The number of unbranched alkanes of at least 4 members (excludes halogenated alkanes) is 2. The first-order chi connectivity index (χ1) is 9.58. The topological polar surface area (TPSA) is 0 Å². The van der Waals surface area contributed by atoms with Crippen LogP contribution in [0, 0.1) is 19.9 Å². The zero-order chi connectivity index (χ0) is 14.5. The summed E-state index contributed by atoms with van der Waals surface area (Å²) in [6.07, 6.45) is 10.1. The Hall–Kier alpha value is 0.501. The maximum absolute atomic E-state index is 3.64. The Morgan fingerprint density at radius 1 is 0.958 bits per heavy atom. The van der Waals surface area contributed by atoms with E-state index in [2.05, 4.69) is 52.0 Å². The van der Waals surface area contributed by atoms with E-state index in [9.17, 15) is 0 Å². The zero-order valence-corrected chi connectivity index (χ0v) is 20.4. The molecule has 0 aliphatic heterocycles. The van der Waals surface area contributed by atoms with Gasteiger partial charge in [0.15, 0.2) is 0 Å². The molecule has 0 bridgehead atoms. The molecular formula is C19H27Cl3SiTi. The summed E-state index contributed by atoms with van der Waals surface area (Å²) in [4.78, 5) is 0. The Labute approximate surface area is 184 Å². The van der Waals surface area contributed by atoms with E-state index in [-0.39, 0.29) is 68.5 Å². The average Bonchev–Trinajstić information content (AvgIpc) is 2.69. The summed E-state index contributed by atoms with van der Waals surface area (Å²) in [6, 6.07) is 7.04. The van der Waals surface area contributed by atoms with E-state index >= 15 is 0 Å². The van der Waals surface area contributed by atoms with Crippen molar-refractivity contribution in [1.82, 2.24) is 0 Å². The van der Waals surface area contributed by atoms with Gasteiger partial charge in [-0.1, -0.05) is 80.5 Å². The molecule has 132 valence electrons. The summed E-state index contributed by atoms with van der Waals surface area (Å²) in [7, 11) is -0.289. The smallest absolute Gasteiger partial charge is 1.00 e. The quantitative estimate of drug-likeness (QED) is 0.238. The van der Waals surface area contributed by atoms with Crippen LogP contribution in [0.2, 0.25) is 0 Å². The maximum atomic E-state index is 3.64. The van der Waals surface area contributed by atoms with Crippen molar-refractivity contribution in [2.75, 3.05) is 0 Å². The first kappa shape index (κ1) is 29.3. The van der Waals surface area contributed by atoms with Crippen molar-refractivity contribution in [1.29, 1.82) is 0 Å². The standard InChI is InChI=1S/C19H27Si.3ClH.Ti/c1-5-6-7-8-17-12-16(4)19(13-17)20-18-10-14(2)9-15(3)11-18;;;;/h9-11H,5-8,13,20H2,1-4H3;3*1H;/q-1;;;;+4/p-3. The van der Waals surface area contributed by atoms with Gasteiger partial charge in [0.05, 0.1) is 0 Å². The molecule has 1 aliphatic carbocycles. The minimum absolute atomic E-state index is 0. The molecule has 0 radical (unpaired) electrons. The van der Waals surface area contributed by atoms with E-state index in [1.165, 1.54) is 48.8 Å². The molecule has 0 nitrogen and oxygen atoms in total. The summed E-state index contributed by atoms with van der Waals surface area (Å²) in [5.41, 5.74) is 5.82. The fourth-order valence-corrected chi connectivity index (χ4v) is 5.26. The Bertz CT molecular complexity index is 533. The molecule has 0 N–H and O–H groups in total. The third-order valence-electron chi connectivity index (χ3n) is 4.10. The van der Waals surface area contributed by atoms with Crippen molar-refractivity contribution in [2.24, 2.45) is 0 Å². The molecule has 0 saturated heterocycles. The van der Waals surface area contributed by atoms with Crippen LogP contribution in [0.4, 0.5) is 0 Å². The van der Waals surface area contributed by atoms with E-state index in [0.29, 0.717) is 0 Å². The SMILES string of the molecule is CCCCCC1=[C-]C(C)=C([SiH2]c2cc(C)cc(C)c2)C1.[Cl-].[Cl-].[Cl-].[Ti+4]. The molecule has 1 aliphatic rings. The molecule has 24 heavy (non-hydrogen) atoms. The van der Waals surface area contributed by atoms with Crippen LogP contribution < -0.4 is 42.4 Å². The van der Waals surface area contributed by atoms with Crippen LogP contribution in [0.1, 0.15) is 57.1 Å². The van der Waals surface area contributed by atoms with Crippen molar-refractivity contribution < 1.29 is 58.9 Å². The normalized spacial score (nSPS) is 12.9. The molecular weight excluding hydrogens is 411 g/mol. The van der Waals surface area contributed by atoms with Gasteiger partial charge in [0.2, 0.25) is 0 Å². The van der Waals surface area contributed by atoms with Gasteiger partial charge in [0, 0.05) is 0 Å². The summed E-state index contributed by atoms with van der Waals surface area (Å²) >= 11 is 0. The summed E-state index contributed by atoms with van der Waals surface area (Å²) in [5, 5.41) is 3.30. The molecule has 0 spiro atoms. The van der Waals surface area contributed by atoms with Crippen LogP contribution >= 0.6 is 0 Å². The van der Waals surface area contributed by atoms with Gasteiger partial charge < -0.3 is 37.2 Å². The molecule has 1 aromatic rings.